The van der Waals surface area contributed by atoms with Gasteiger partial charge in [0.25, 0.3) is 5.91 Å². The van der Waals surface area contributed by atoms with E-state index in [0.717, 1.165) is 5.56 Å². The van der Waals surface area contributed by atoms with Crippen LogP contribution in [0, 0.1) is 5.82 Å². The molecule has 3 rings (SSSR count). The van der Waals surface area contributed by atoms with Crippen LogP contribution in [0.25, 0.3) is 0 Å². The molecule has 1 N–H and O–H groups in total. The van der Waals surface area contributed by atoms with Gasteiger partial charge in [-0.3, -0.25) is 4.79 Å². The second kappa shape index (κ2) is 10.3. The van der Waals surface area contributed by atoms with E-state index in [4.69, 9.17) is 16.3 Å². The number of nitrogens with one attached hydrogen (secondary N) is 1. The largest absolute Gasteiger partial charge is 0.496 e. The van der Waals surface area contributed by atoms with E-state index >= 15 is 0 Å². The lowest BCUT2D eigenvalue weighted by Gasteiger charge is -2.20. The van der Waals surface area contributed by atoms with Gasteiger partial charge in [0.05, 0.1) is 18.0 Å². The third-order valence-corrected chi connectivity index (χ3v) is 7.24. The Bertz CT molecular complexity index is 1230. The first-order valence-electron chi connectivity index (χ1n) is 10.1. The van der Waals surface area contributed by atoms with Crippen LogP contribution in [0.15, 0.2) is 71.6 Å². The fraction of sp³-hybridized carbons (Fsp3) is 0.208. The zero-order valence-corrected chi connectivity index (χ0v) is 20.0. The van der Waals surface area contributed by atoms with Crippen LogP contribution in [0.1, 0.15) is 34.5 Å². The third kappa shape index (κ3) is 5.90. The highest BCUT2D eigenvalue weighted by Gasteiger charge is 2.23. The van der Waals surface area contributed by atoms with Crippen molar-refractivity contribution in [2.75, 3.05) is 14.2 Å². The van der Waals surface area contributed by atoms with Gasteiger partial charge in [-0.25, -0.2) is 12.8 Å². The molecule has 0 aromatic heterocycles. The number of benzene rings is 3. The van der Waals surface area contributed by atoms with Crippen molar-refractivity contribution < 1.29 is 22.3 Å². The number of nitrogens with zero attached hydrogens (tertiary/aromatic N) is 1. The maximum Gasteiger partial charge on any atom is 0.251 e. The van der Waals surface area contributed by atoms with Crippen LogP contribution in [0.4, 0.5) is 4.39 Å². The van der Waals surface area contributed by atoms with Gasteiger partial charge in [-0.05, 0) is 67.1 Å². The summed E-state index contributed by atoms with van der Waals surface area (Å²) in [6.45, 7) is 1.78. The molecule has 0 fully saturated rings. The SMILES string of the molecule is COc1ccc(C(=O)NC(C)c2ccc(F)cc2)cc1CN(C)S(=O)(=O)c1ccc(Cl)cc1. The molecule has 3 aromatic rings. The van der Waals surface area contributed by atoms with E-state index in [-0.39, 0.29) is 29.2 Å². The summed E-state index contributed by atoms with van der Waals surface area (Å²) < 4.78 is 45.6. The number of amides is 1. The Labute approximate surface area is 198 Å². The smallest absolute Gasteiger partial charge is 0.251 e. The van der Waals surface area contributed by atoms with E-state index in [1.807, 2.05) is 0 Å². The molecule has 0 saturated heterocycles. The Kier molecular flexibility index (Phi) is 7.73. The average molecular weight is 491 g/mol. The number of carbonyl (C=O) groups is 1. The van der Waals surface area contributed by atoms with Gasteiger partial charge in [0.15, 0.2) is 0 Å². The second-order valence-electron chi connectivity index (χ2n) is 7.49. The van der Waals surface area contributed by atoms with Crippen molar-refractivity contribution in [2.45, 2.75) is 24.4 Å². The van der Waals surface area contributed by atoms with Gasteiger partial charge in [-0.1, -0.05) is 23.7 Å². The van der Waals surface area contributed by atoms with E-state index in [2.05, 4.69) is 5.32 Å². The summed E-state index contributed by atoms with van der Waals surface area (Å²) >= 11 is 5.86. The molecule has 0 saturated carbocycles. The van der Waals surface area contributed by atoms with Crippen molar-refractivity contribution in [1.82, 2.24) is 9.62 Å². The molecular formula is C24H24ClFN2O4S. The zero-order chi connectivity index (χ0) is 24.2. The minimum atomic E-state index is -3.78. The van der Waals surface area contributed by atoms with Crippen molar-refractivity contribution in [3.05, 3.63) is 94.3 Å². The Hall–Kier alpha value is -2.94. The maximum atomic E-state index is 13.2. The molecule has 0 radical (unpaired) electrons. The predicted molar refractivity (Wildman–Crippen MR) is 125 cm³/mol. The lowest BCUT2D eigenvalue weighted by Crippen LogP contribution is -2.28. The van der Waals surface area contributed by atoms with Crippen molar-refractivity contribution in [3.63, 3.8) is 0 Å². The maximum absolute atomic E-state index is 13.2. The van der Waals surface area contributed by atoms with E-state index in [9.17, 15) is 17.6 Å². The Morgan fingerprint density at radius 2 is 1.73 bits per heavy atom. The molecule has 9 heteroatoms. The van der Waals surface area contributed by atoms with Gasteiger partial charge in [-0.2, -0.15) is 4.31 Å². The lowest BCUT2D eigenvalue weighted by molar-refractivity contribution is 0.0939. The number of halogens is 2. The highest BCUT2D eigenvalue weighted by atomic mass is 35.5. The second-order valence-corrected chi connectivity index (χ2v) is 9.97. The van der Waals surface area contributed by atoms with Crippen LogP contribution in [0.2, 0.25) is 5.02 Å². The molecule has 3 aromatic carbocycles. The average Bonchev–Trinajstić information content (AvgIpc) is 2.79. The molecule has 174 valence electrons. The number of hydrogen-bond donors (Lipinski definition) is 1. The summed E-state index contributed by atoms with van der Waals surface area (Å²) in [7, 11) is -0.856. The summed E-state index contributed by atoms with van der Waals surface area (Å²) in [6, 6.07) is 16.2. The van der Waals surface area contributed by atoms with Gasteiger partial charge in [0.1, 0.15) is 11.6 Å². The molecule has 1 amide bonds. The summed E-state index contributed by atoms with van der Waals surface area (Å²) in [6.07, 6.45) is 0. The Balaban J connectivity index is 1.80. The number of hydrogen-bond acceptors (Lipinski definition) is 4. The van der Waals surface area contributed by atoms with Crippen LogP contribution in [-0.4, -0.2) is 32.8 Å². The number of rotatable bonds is 8. The van der Waals surface area contributed by atoms with Gasteiger partial charge in [0, 0.05) is 29.7 Å². The lowest BCUT2D eigenvalue weighted by atomic mass is 10.1. The molecule has 33 heavy (non-hydrogen) atoms. The topological polar surface area (TPSA) is 75.7 Å². The molecule has 0 aliphatic heterocycles. The third-order valence-electron chi connectivity index (χ3n) is 5.18. The highest BCUT2D eigenvalue weighted by Crippen LogP contribution is 2.25. The molecule has 6 nitrogen and oxygen atoms in total. The van der Waals surface area contributed by atoms with Crippen molar-refractivity contribution in [3.8, 4) is 5.75 Å². The zero-order valence-electron chi connectivity index (χ0n) is 18.4. The van der Waals surface area contributed by atoms with Crippen molar-refractivity contribution >= 4 is 27.5 Å². The first-order chi connectivity index (χ1) is 15.6. The minimum absolute atomic E-state index is 0.0111. The summed E-state index contributed by atoms with van der Waals surface area (Å²) in [5.41, 5.74) is 1.63. The van der Waals surface area contributed by atoms with E-state index < -0.39 is 10.0 Å². The van der Waals surface area contributed by atoms with Crippen LogP contribution in [0.5, 0.6) is 5.75 Å². The molecule has 0 spiro atoms. The fourth-order valence-corrected chi connectivity index (χ4v) is 4.54. The Morgan fingerprint density at radius 1 is 1.09 bits per heavy atom. The van der Waals surface area contributed by atoms with Gasteiger partial charge < -0.3 is 10.1 Å². The van der Waals surface area contributed by atoms with Crippen LogP contribution >= 0.6 is 11.6 Å². The molecule has 0 aliphatic rings. The number of carbonyl (C=O) groups excluding carboxylic acids is 1. The Morgan fingerprint density at radius 3 is 2.33 bits per heavy atom. The van der Waals surface area contributed by atoms with Crippen molar-refractivity contribution in [2.24, 2.45) is 0 Å². The first-order valence-corrected chi connectivity index (χ1v) is 11.9. The number of methoxy groups -OCH3 is 1. The van der Waals surface area contributed by atoms with Crippen LogP contribution in [-0.2, 0) is 16.6 Å². The monoisotopic (exact) mass is 490 g/mol. The normalized spacial score (nSPS) is 12.4. The summed E-state index contributed by atoms with van der Waals surface area (Å²) in [5.74, 6) is -0.245. The van der Waals surface area contributed by atoms with E-state index in [0.29, 0.717) is 21.9 Å². The van der Waals surface area contributed by atoms with E-state index in [1.165, 1.54) is 54.9 Å². The first kappa shape index (κ1) is 24.7. The van der Waals surface area contributed by atoms with Gasteiger partial charge >= 0.3 is 0 Å². The van der Waals surface area contributed by atoms with E-state index in [1.54, 1.807) is 37.3 Å². The summed E-state index contributed by atoms with van der Waals surface area (Å²) in [4.78, 5) is 12.9. The molecule has 0 aliphatic carbocycles. The quantitative estimate of drug-likeness (QED) is 0.492. The molecular weight excluding hydrogens is 467 g/mol. The molecule has 1 unspecified atom stereocenters. The molecule has 1 atom stereocenters. The highest BCUT2D eigenvalue weighted by molar-refractivity contribution is 7.89. The molecule has 0 heterocycles. The predicted octanol–water partition coefficient (Wildman–Crippen LogP) is 4.80. The summed E-state index contributed by atoms with van der Waals surface area (Å²) in [5, 5.41) is 3.30. The number of sulfonamides is 1. The van der Waals surface area contributed by atoms with Crippen LogP contribution in [0.3, 0.4) is 0 Å². The van der Waals surface area contributed by atoms with Gasteiger partial charge in [-0.15, -0.1) is 0 Å². The van der Waals surface area contributed by atoms with Gasteiger partial charge in [0.2, 0.25) is 10.0 Å². The standard InChI is InChI=1S/C24H24ClFN2O4S/c1-16(17-4-9-21(26)10-5-17)27-24(29)18-6-13-23(32-3)19(14-18)15-28(2)33(30,31)22-11-7-20(25)8-12-22/h4-14,16H,15H2,1-3H3,(H,27,29). The fourth-order valence-electron chi connectivity index (χ4n) is 3.27. The van der Waals surface area contributed by atoms with Crippen LogP contribution < -0.4 is 10.1 Å². The van der Waals surface area contributed by atoms with Crippen molar-refractivity contribution in [1.29, 1.82) is 0 Å². The minimum Gasteiger partial charge on any atom is -0.496 e. The number of ether oxygens (including phenoxy) is 1. The molecule has 0 bridgehead atoms.